The normalized spacial score (nSPS) is 12.7. The maximum atomic E-state index is 12.5. The van der Waals surface area contributed by atoms with Crippen LogP contribution in [0.4, 0.5) is 2.86 Å². The Balaban J connectivity index is 0.0000137. The number of halogens is 2. The summed E-state index contributed by atoms with van der Waals surface area (Å²) in [5.41, 5.74) is 6.24. The van der Waals surface area contributed by atoms with Crippen molar-refractivity contribution in [1.29, 1.82) is 0 Å². The van der Waals surface area contributed by atoms with Gasteiger partial charge in [-0.15, -0.1) is 0 Å². The average molecular weight is 740 g/mol. The van der Waals surface area contributed by atoms with Crippen LogP contribution in [0.3, 0.4) is 0 Å². The number of nitrogens with two attached hydrogens (primary N) is 1. The molecule has 0 bridgehead atoms. The Kier molecular flexibility index (Phi) is 25.0. The monoisotopic (exact) mass is 740 g/mol. The first-order valence-electron chi connectivity index (χ1n) is 12.5. The van der Waals surface area contributed by atoms with E-state index in [1.807, 2.05) is 0 Å². The van der Waals surface area contributed by atoms with Crippen molar-refractivity contribution in [3.63, 3.8) is 0 Å². The molecule has 2 unspecified atom stereocenters. The van der Waals surface area contributed by atoms with Crippen LogP contribution in [0.1, 0.15) is 44.2 Å². The Hall–Kier alpha value is -0.560. The van der Waals surface area contributed by atoms with Gasteiger partial charge in [0, 0.05) is 43.2 Å². The molecule has 1 heterocycles. The molecule has 1 rings (SSSR count). The molecule has 0 aliphatic heterocycles. The fourth-order valence-corrected chi connectivity index (χ4v) is 3.77. The third-order valence-electron chi connectivity index (χ3n) is 5.22. The van der Waals surface area contributed by atoms with Gasteiger partial charge in [-0.1, -0.05) is 12.8 Å². The second kappa shape index (κ2) is 25.4. The molecule has 1 radical (unpaired) electrons. The van der Waals surface area contributed by atoms with E-state index in [1.165, 1.54) is 4.68 Å². The summed E-state index contributed by atoms with van der Waals surface area (Å²) in [4.78, 5) is 23.3. The van der Waals surface area contributed by atoms with E-state index in [9.17, 15) is 12.4 Å². The Labute approximate surface area is 251 Å². The fraction of sp³-hybridized carbons (Fsp3) is 0.826. The van der Waals surface area contributed by atoms with E-state index in [1.54, 1.807) is 20.4 Å². The molecule has 1 aromatic rings. The van der Waals surface area contributed by atoms with Crippen LogP contribution in [0.25, 0.3) is 0 Å². The first-order chi connectivity index (χ1) is 18.0. The summed E-state index contributed by atoms with van der Waals surface area (Å²) < 4.78 is 40.5. The number of amides is 1. The van der Waals surface area contributed by atoms with Gasteiger partial charge in [-0.2, -0.15) is 0 Å². The summed E-state index contributed by atoms with van der Waals surface area (Å²) in [5.74, 6) is -0.0458. The molecular formula is C23H43FIN5NbO7. The summed E-state index contributed by atoms with van der Waals surface area (Å²) in [5, 5.41) is 10.8. The molecule has 1 amide bonds. The van der Waals surface area contributed by atoms with Crippen molar-refractivity contribution in [2.24, 2.45) is 5.73 Å². The number of methoxy groups -OCH3 is 2. The number of unbranched alkanes of at least 4 members (excludes halogenated alkanes) is 3. The minimum Gasteiger partial charge on any atom is -0.382 e. The topological polar surface area (TPSA) is 149 Å². The number of nitrogens with one attached hydrogen (secondary N) is 1. The Morgan fingerprint density at radius 3 is 2.45 bits per heavy atom. The van der Waals surface area contributed by atoms with Crippen LogP contribution in [0.15, 0.2) is 6.20 Å². The minimum atomic E-state index is -2.15. The van der Waals surface area contributed by atoms with E-state index in [0.717, 1.165) is 25.7 Å². The van der Waals surface area contributed by atoms with Crippen molar-refractivity contribution in [1.82, 2.24) is 20.3 Å². The molecule has 1 aromatic heterocycles. The van der Waals surface area contributed by atoms with Crippen molar-refractivity contribution < 1.29 is 58.5 Å². The van der Waals surface area contributed by atoms with Crippen LogP contribution in [-0.4, -0.2) is 97.3 Å². The predicted molar refractivity (Wildman–Crippen MR) is 144 cm³/mol. The molecule has 221 valence electrons. The molecule has 0 aromatic carbocycles. The van der Waals surface area contributed by atoms with Crippen LogP contribution in [0, 0.1) is 0 Å². The Morgan fingerprint density at radius 2 is 1.74 bits per heavy atom. The third-order valence-corrected chi connectivity index (χ3v) is 6.52. The van der Waals surface area contributed by atoms with Gasteiger partial charge in [0.2, 0.25) is 0 Å². The van der Waals surface area contributed by atoms with Crippen molar-refractivity contribution in [3.05, 3.63) is 11.9 Å². The fourth-order valence-electron chi connectivity index (χ4n) is 3.11. The molecule has 0 aliphatic rings. The summed E-state index contributed by atoms with van der Waals surface area (Å²) >= 11 is -2.15. The first-order valence-corrected chi connectivity index (χ1v) is 14.5. The number of nitrogens with zero attached hydrogens (tertiary/aromatic N) is 3. The van der Waals surface area contributed by atoms with Gasteiger partial charge >= 0.3 is 120 Å². The van der Waals surface area contributed by atoms with Crippen LogP contribution < -0.4 is 11.1 Å². The molecule has 3 N–H and O–H groups in total. The van der Waals surface area contributed by atoms with E-state index in [4.69, 9.17) is 29.4 Å². The number of carbonyl (C=O) groups excluding carboxylic acids is 2. The summed E-state index contributed by atoms with van der Waals surface area (Å²) in [6.45, 7) is 4.21. The number of aromatic nitrogens is 3. The number of carbonyl (C=O) groups is 2. The van der Waals surface area contributed by atoms with Crippen LogP contribution >= 0.6 is 21.8 Å². The minimum absolute atomic E-state index is 0. The summed E-state index contributed by atoms with van der Waals surface area (Å²) in [7, 11) is 3.26. The van der Waals surface area contributed by atoms with Gasteiger partial charge in [0.05, 0.1) is 39.6 Å². The van der Waals surface area contributed by atoms with Gasteiger partial charge in [-0.3, -0.25) is 0 Å². The van der Waals surface area contributed by atoms with Crippen molar-refractivity contribution in [2.45, 2.75) is 63.8 Å². The molecule has 0 saturated carbocycles. The molecule has 2 atom stereocenters. The largest absolute Gasteiger partial charge is 0.382 e. The maximum Gasteiger partial charge on any atom is 0.0706 e. The predicted octanol–water partition coefficient (Wildman–Crippen LogP) is 1.39. The summed E-state index contributed by atoms with van der Waals surface area (Å²) in [6.07, 6.45) is 5.87. The van der Waals surface area contributed by atoms with Gasteiger partial charge in [0.15, 0.2) is 0 Å². The van der Waals surface area contributed by atoms with Crippen LogP contribution in [0.5, 0.6) is 0 Å². The second-order valence-corrected chi connectivity index (χ2v) is 9.92. The maximum absolute atomic E-state index is 12.5. The quantitative estimate of drug-likeness (QED) is 0.0653. The van der Waals surface area contributed by atoms with E-state index < -0.39 is 31.6 Å². The SMILES string of the molecule is COCCOCC(COCCCCCCC(=O)NCc1cn(CCC(N)C(=O)[IH]F)nn1)OCCOC.[Nb]. The molecule has 12 nitrogen and oxygen atoms in total. The van der Waals surface area contributed by atoms with Gasteiger partial charge in [0.1, 0.15) is 6.10 Å². The zero-order valence-electron chi connectivity index (χ0n) is 22.3. The standard InChI is InChI=1S/C23H43FIN5O7.Nb/c1-33-11-13-36-18-20(37-14-12-34-2)17-35-10-6-4-3-5-7-22(31)27-15-19-16-30(29-28-19)9-8-21(26)23(32)25-24;/h16,20-21,25H,3-15,17-18,26H2,1-2H3,(H,27,31);. The molecule has 0 spiro atoms. The number of rotatable bonds is 25. The summed E-state index contributed by atoms with van der Waals surface area (Å²) in [6, 6.07) is -0.797. The van der Waals surface area contributed by atoms with Crippen molar-refractivity contribution >= 4 is 31.5 Å². The zero-order chi connectivity index (χ0) is 27.1. The van der Waals surface area contributed by atoms with E-state index in [2.05, 4.69) is 15.6 Å². The second-order valence-electron chi connectivity index (χ2n) is 8.33. The number of hydrogen-bond acceptors (Lipinski definition) is 10. The molecule has 0 aliphatic carbocycles. The van der Waals surface area contributed by atoms with Crippen molar-refractivity contribution in [3.8, 4) is 0 Å². The van der Waals surface area contributed by atoms with E-state index in [0.29, 0.717) is 71.3 Å². The number of aryl methyl sites for hydroxylation is 1. The van der Waals surface area contributed by atoms with Gasteiger partial charge in [-0.05, 0) is 6.42 Å². The first kappa shape index (κ1) is 37.4. The zero-order valence-corrected chi connectivity index (χ0v) is 26.9. The van der Waals surface area contributed by atoms with Crippen molar-refractivity contribution in [2.75, 3.05) is 60.5 Å². The van der Waals surface area contributed by atoms with Gasteiger partial charge < -0.3 is 23.7 Å². The molecule has 15 heteroatoms. The molecule has 38 heavy (non-hydrogen) atoms. The van der Waals surface area contributed by atoms with Crippen LogP contribution in [-0.2, 0) is 68.7 Å². The molecule has 0 saturated heterocycles. The Bertz CT molecular complexity index is 738. The number of ether oxygens (including phenoxy) is 5. The smallest absolute Gasteiger partial charge is 0.0706 e. The molecular weight excluding hydrogens is 697 g/mol. The van der Waals surface area contributed by atoms with Crippen LogP contribution in [0.2, 0.25) is 0 Å². The Morgan fingerprint density at radius 1 is 1.05 bits per heavy atom. The number of hydrogen-bond donors (Lipinski definition) is 2. The average Bonchev–Trinajstić information content (AvgIpc) is 3.37. The van der Waals surface area contributed by atoms with E-state index >= 15 is 0 Å². The third kappa shape index (κ3) is 19.5. The van der Waals surface area contributed by atoms with Gasteiger partial charge in [0.25, 0.3) is 0 Å². The van der Waals surface area contributed by atoms with Gasteiger partial charge in [-0.25, -0.2) is 0 Å². The van der Waals surface area contributed by atoms with E-state index in [-0.39, 0.29) is 40.9 Å². The molecule has 0 fully saturated rings.